The molecule has 0 saturated heterocycles. The summed E-state index contributed by atoms with van der Waals surface area (Å²) < 4.78 is 29.5. The summed E-state index contributed by atoms with van der Waals surface area (Å²) in [7, 11) is -3.53. The van der Waals surface area contributed by atoms with Crippen molar-refractivity contribution in [2.45, 2.75) is 18.7 Å². The van der Waals surface area contributed by atoms with Crippen molar-refractivity contribution in [3.05, 3.63) is 49.8 Å². The lowest BCUT2D eigenvalue weighted by Crippen LogP contribution is -2.12. The van der Waals surface area contributed by atoms with Crippen LogP contribution in [0.4, 0.5) is 5.13 Å². The molecule has 1 aromatic carbocycles. The highest BCUT2D eigenvalue weighted by atomic mass is 32.2. The standard InChI is InChI=1S/C8H7N3O2S2.C2H6.C2H4/c12-15(13,7-4-2-1-3-5-7)11-8-9-6-10-14-8;2*1-2/h1-6H,(H,9,10,11);1-2H3;1-2H2. The van der Waals surface area contributed by atoms with E-state index < -0.39 is 10.0 Å². The van der Waals surface area contributed by atoms with E-state index in [9.17, 15) is 8.42 Å². The van der Waals surface area contributed by atoms with E-state index in [2.05, 4.69) is 27.2 Å². The Morgan fingerprint density at radius 1 is 1.16 bits per heavy atom. The number of hydrogen-bond acceptors (Lipinski definition) is 5. The van der Waals surface area contributed by atoms with Crippen molar-refractivity contribution in [2.75, 3.05) is 4.72 Å². The molecule has 0 unspecified atom stereocenters. The van der Waals surface area contributed by atoms with E-state index in [1.54, 1.807) is 18.2 Å². The number of benzene rings is 1. The minimum atomic E-state index is -3.53. The van der Waals surface area contributed by atoms with Crippen molar-refractivity contribution in [3.63, 3.8) is 0 Å². The first kappa shape index (κ1) is 17.3. The summed E-state index contributed by atoms with van der Waals surface area (Å²) >= 11 is 0.993. The van der Waals surface area contributed by atoms with Crippen molar-refractivity contribution in [2.24, 2.45) is 0 Å². The smallest absolute Gasteiger partial charge is 0.253 e. The van der Waals surface area contributed by atoms with Crippen LogP contribution in [0.1, 0.15) is 13.8 Å². The van der Waals surface area contributed by atoms with E-state index in [0.29, 0.717) is 0 Å². The Morgan fingerprint density at radius 2 is 1.74 bits per heavy atom. The molecular weight excluding hydrogens is 282 g/mol. The summed E-state index contributed by atoms with van der Waals surface area (Å²) in [6.45, 7) is 10.0. The van der Waals surface area contributed by atoms with Gasteiger partial charge in [0, 0.05) is 11.5 Å². The lowest BCUT2D eigenvalue weighted by Gasteiger charge is -2.03. The average molecular weight is 299 g/mol. The fraction of sp³-hybridized carbons (Fsp3) is 0.167. The van der Waals surface area contributed by atoms with Crippen LogP contribution < -0.4 is 4.72 Å². The highest BCUT2D eigenvalue weighted by Gasteiger charge is 2.14. The van der Waals surface area contributed by atoms with Gasteiger partial charge < -0.3 is 0 Å². The molecule has 0 saturated carbocycles. The topological polar surface area (TPSA) is 72.0 Å². The van der Waals surface area contributed by atoms with Crippen LogP contribution in [0.25, 0.3) is 0 Å². The van der Waals surface area contributed by atoms with Crippen LogP contribution >= 0.6 is 11.5 Å². The van der Waals surface area contributed by atoms with Crippen LogP contribution in [-0.4, -0.2) is 17.8 Å². The monoisotopic (exact) mass is 299 g/mol. The predicted octanol–water partition coefficient (Wildman–Crippen LogP) is 3.17. The van der Waals surface area contributed by atoms with Gasteiger partial charge in [-0.05, 0) is 12.1 Å². The van der Waals surface area contributed by atoms with E-state index in [0.717, 1.165) is 11.5 Å². The summed E-state index contributed by atoms with van der Waals surface area (Å²) in [4.78, 5) is 3.95. The van der Waals surface area contributed by atoms with Gasteiger partial charge in [0.25, 0.3) is 10.0 Å². The second-order valence-corrected chi connectivity index (χ2v) is 5.13. The van der Waals surface area contributed by atoms with E-state index in [1.807, 2.05) is 13.8 Å². The normalized spacial score (nSPS) is 9.37. The molecule has 0 aliphatic rings. The Kier molecular flexibility index (Phi) is 8.39. The lowest BCUT2D eigenvalue weighted by molar-refractivity contribution is 0.601. The highest BCUT2D eigenvalue weighted by molar-refractivity contribution is 7.93. The van der Waals surface area contributed by atoms with Crippen LogP contribution in [0.3, 0.4) is 0 Å². The molecule has 0 atom stereocenters. The molecule has 1 heterocycles. The van der Waals surface area contributed by atoms with Crippen molar-refractivity contribution >= 4 is 26.7 Å². The van der Waals surface area contributed by atoms with Gasteiger partial charge in [-0.1, -0.05) is 32.0 Å². The Hall–Kier alpha value is -1.73. The molecule has 1 aromatic heterocycles. The fourth-order valence-corrected chi connectivity index (χ4v) is 2.67. The van der Waals surface area contributed by atoms with E-state index in [1.165, 1.54) is 18.5 Å². The molecule has 2 rings (SSSR count). The van der Waals surface area contributed by atoms with Crippen molar-refractivity contribution in [3.8, 4) is 0 Å². The van der Waals surface area contributed by atoms with Gasteiger partial charge in [-0.15, -0.1) is 13.2 Å². The maximum atomic E-state index is 11.7. The third-order valence-corrected chi connectivity index (χ3v) is 3.70. The minimum Gasteiger partial charge on any atom is -0.253 e. The largest absolute Gasteiger partial charge is 0.263 e. The molecule has 0 bridgehead atoms. The zero-order chi connectivity index (χ0) is 14.7. The van der Waals surface area contributed by atoms with E-state index in [-0.39, 0.29) is 10.0 Å². The number of nitrogens with zero attached hydrogens (tertiary/aromatic N) is 2. The number of nitrogens with one attached hydrogen (secondary N) is 1. The van der Waals surface area contributed by atoms with Crippen molar-refractivity contribution in [1.29, 1.82) is 0 Å². The van der Waals surface area contributed by atoms with Crippen LogP contribution in [0.2, 0.25) is 0 Å². The average Bonchev–Trinajstić information content (AvgIpc) is 2.96. The predicted molar refractivity (Wildman–Crippen MR) is 79.8 cm³/mol. The molecule has 1 N–H and O–H groups in total. The molecule has 7 heteroatoms. The Labute approximate surface area is 118 Å². The Balaban J connectivity index is 0.000000741. The first-order chi connectivity index (χ1) is 9.18. The molecule has 2 aromatic rings. The highest BCUT2D eigenvalue weighted by Crippen LogP contribution is 2.15. The zero-order valence-electron chi connectivity index (χ0n) is 10.9. The minimum absolute atomic E-state index is 0.209. The number of anilines is 1. The van der Waals surface area contributed by atoms with Gasteiger partial charge in [0.05, 0.1) is 4.90 Å². The summed E-state index contributed by atoms with van der Waals surface area (Å²) in [5, 5.41) is 0.263. The zero-order valence-corrected chi connectivity index (χ0v) is 12.5. The molecule has 0 radical (unpaired) electrons. The van der Waals surface area contributed by atoms with Crippen molar-refractivity contribution < 1.29 is 8.42 Å². The van der Waals surface area contributed by atoms with Gasteiger partial charge in [-0.3, -0.25) is 4.72 Å². The van der Waals surface area contributed by atoms with Crippen LogP contribution in [0.15, 0.2) is 54.7 Å². The molecule has 0 amide bonds. The molecule has 104 valence electrons. The van der Waals surface area contributed by atoms with Gasteiger partial charge >= 0.3 is 0 Å². The Bertz CT molecular complexity index is 540. The van der Waals surface area contributed by atoms with Gasteiger partial charge in [0.15, 0.2) is 0 Å². The molecule has 0 aliphatic carbocycles. The summed E-state index contributed by atoms with van der Waals surface area (Å²) in [5.74, 6) is 0. The summed E-state index contributed by atoms with van der Waals surface area (Å²) in [6.07, 6.45) is 1.30. The van der Waals surface area contributed by atoms with Gasteiger partial charge in [-0.25, -0.2) is 13.4 Å². The second kappa shape index (κ2) is 9.23. The van der Waals surface area contributed by atoms with Gasteiger partial charge in [0.1, 0.15) is 6.33 Å². The molecule has 0 aliphatic heterocycles. The fourth-order valence-electron chi connectivity index (χ4n) is 0.992. The molecule has 5 nitrogen and oxygen atoms in total. The van der Waals surface area contributed by atoms with E-state index in [4.69, 9.17) is 0 Å². The molecular formula is C12H17N3O2S2. The molecule has 0 fully saturated rings. The molecule has 19 heavy (non-hydrogen) atoms. The number of hydrogen-bond donors (Lipinski definition) is 1. The lowest BCUT2D eigenvalue weighted by atomic mass is 10.4. The van der Waals surface area contributed by atoms with Crippen molar-refractivity contribution in [1.82, 2.24) is 9.36 Å². The Morgan fingerprint density at radius 3 is 2.21 bits per heavy atom. The third-order valence-electron chi connectivity index (χ3n) is 1.64. The second-order valence-electron chi connectivity index (χ2n) is 2.66. The number of aromatic nitrogens is 2. The first-order valence-electron chi connectivity index (χ1n) is 5.53. The first-order valence-corrected chi connectivity index (χ1v) is 7.79. The summed E-state index contributed by atoms with van der Waals surface area (Å²) in [5.41, 5.74) is 0. The van der Waals surface area contributed by atoms with Crippen LogP contribution in [0.5, 0.6) is 0 Å². The molecule has 0 spiro atoms. The van der Waals surface area contributed by atoms with Gasteiger partial charge in [0.2, 0.25) is 5.13 Å². The third kappa shape index (κ3) is 5.62. The van der Waals surface area contributed by atoms with Gasteiger partial charge in [-0.2, -0.15) is 4.37 Å². The number of rotatable bonds is 3. The number of sulfonamides is 1. The maximum absolute atomic E-state index is 11.7. The quantitative estimate of drug-likeness (QED) is 0.884. The summed E-state index contributed by atoms with van der Waals surface area (Å²) in [6, 6.07) is 8.11. The SMILES string of the molecule is C=C.CC.O=S(=O)(Nc1ncns1)c1ccccc1. The van der Waals surface area contributed by atoms with E-state index >= 15 is 0 Å². The van der Waals surface area contributed by atoms with Crippen LogP contribution in [-0.2, 0) is 10.0 Å². The van der Waals surface area contributed by atoms with Crippen LogP contribution in [0, 0.1) is 0 Å². The maximum Gasteiger partial charge on any atom is 0.263 e.